The van der Waals surface area contributed by atoms with E-state index >= 15 is 0 Å². The molecular weight excluding hydrogens is 551 g/mol. The van der Waals surface area contributed by atoms with E-state index < -0.39 is 17.4 Å². The van der Waals surface area contributed by atoms with E-state index in [-0.39, 0.29) is 24.8 Å². The van der Waals surface area contributed by atoms with Crippen LogP contribution in [0.1, 0.15) is 73.3 Å². The van der Waals surface area contributed by atoms with Crippen molar-refractivity contribution in [2.75, 3.05) is 0 Å². The summed E-state index contributed by atoms with van der Waals surface area (Å²) in [5.74, 6) is 0.593. The first-order valence-electron chi connectivity index (χ1n) is 12.4. The van der Waals surface area contributed by atoms with Crippen molar-refractivity contribution in [3.63, 3.8) is 0 Å². The smallest absolute Gasteiger partial charge is 0.147 e. The van der Waals surface area contributed by atoms with Gasteiger partial charge in [-0.15, -0.1) is 24.8 Å². The van der Waals surface area contributed by atoms with Gasteiger partial charge >= 0.3 is 199 Å². The molecule has 0 amide bonds. The van der Waals surface area contributed by atoms with Crippen LogP contribution >= 0.6 is 24.8 Å². The van der Waals surface area contributed by atoms with Gasteiger partial charge in [0.05, 0.1) is 0 Å². The van der Waals surface area contributed by atoms with Gasteiger partial charge in [-0.2, -0.15) is 0 Å². The van der Waals surface area contributed by atoms with E-state index in [9.17, 15) is 0 Å². The molecule has 0 N–H and O–H groups in total. The average Bonchev–Trinajstić information content (AvgIpc) is 3.25. The van der Waals surface area contributed by atoms with E-state index in [4.69, 9.17) is 0 Å². The summed E-state index contributed by atoms with van der Waals surface area (Å²) in [6.45, 7) is 14.3. The van der Waals surface area contributed by atoms with Gasteiger partial charge in [0.15, 0.2) is 0 Å². The molecule has 0 aliphatic heterocycles. The minimum absolute atomic E-state index is 0. The Morgan fingerprint density at radius 1 is 0.912 bits per heavy atom. The summed E-state index contributed by atoms with van der Waals surface area (Å²) < 4.78 is 7.80. The van der Waals surface area contributed by atoms with Crippen LogP contribution in [0.25, 0.3) is 5.57 Å². The summed E-state index contributed by atoms with van der Waals surface area (Å²) in [6.07, 6.45) is 6.37. The van der Waals surface area contributed by atoms with E-state index in [1.807, 2.05) is 3.28 Å². The first kappa shape index (κ1) is 29.6. The number of allylic oxidation sites excluding steroid dienone is 5. The largest absolute Gasteiger partial charge is 0.147 e. The number of benzene rings is 2. The maximum absolute atomic E-state index is 3.33. The van der Waals surface area contributed by atoms with Crippen molar-refractivity contribution in [1.82, 2.24) is 0 Å². The molecule has 2 aromatic carbocycles. The molecule has 2 aliphatic carbocycles. The number of rotatable bonds is 6. The second-order valence-corrected chi connectivity index (χ2v) is 40.9. The molecule has 2 atom stereocenters. The van der Waals surface area contributed by atoms with Crippen molar-refractivity contribution in [3.8, 4) is 0 Å². The van der Waals surface area contributed by atoms with Gasteiger partial charge in [-0.3, -0.25) is 0 Å². The van der Waals surface area contributed by atoms with Crippen LogP contribution in [0.15, 0.2) is 74.6 Å². The van der Waals surface area contributed by atoms with Crippen molar-refractivity contribution in [3.05, 3.63) is 96.9 Å². The van der Waals surface area contributed by atoms with Crippen LogP contribution < -0.4 is 0 Å². The third-order valence-corrected chi connectivity index (χ3v) is 25.8. The number of hydrogen-bond acceptors (Lipinski definition) is 0. The van der Waals surface area contributed by atoms with Crippen molar-refractivity contribution >= 4 is 37.3 Å². The fourth-order valence-electron chi connectivity index (χ4n) is 6.51. The molecule has 2 aliphatic rings. The summed E-state index contributed by atoms with van der Waals surface area (Å²) in [7, 11) is 0. The van der Waals surface area contributed by atoms with Gasteiger partial charge in [0, 0.05) is 0 Å². The van der Waals surface area contributed by atoms with Crippen LogP contribution in [0, 0.1) is 5.92 Å². The second kappa shape index (κ2) is 10.8. The molecule has 184 valence electrons. The van der Waals surface area contributed by atoms with E-state index in [1.54, 1.807) is 22.3 Å². The van der Waals surface area contributed by atoms with E-state index in [0.29, 0.717) is 9.54 Å². The van der Waals surface area contributed by atoms with Crippen molar-refractivity contribution in [1.29, 1.82) is 0 Å². The van der Waals surface area contributed by atoms with Gasteiger partial charge in [0.1, 0.15) is 0 Å². The number of halogens is 2. The molecule has 0 fully saturated rings. The van der Waals surface area contributed by atoms with Crippen molar-refractivity contribution < 1.29 is 17.4 Å². The Hall–Kier alpha value is -0.660. The Bertz CT molecular complexity index is 1240. The van der Waals surface area contributed by atoms with Gasteiger partial charge in [-0.25, -0.2) is 0 Å². The molecule has 2 aromatic rings. The molecule has 0 heterocycles. The second-order valence-electron chi connectivity index (χ2n) is 11.3. The van der Waals surface area contributed by atoms with E-state index in [2.05, 4.69) is 105 Å². The van der Waals surface area contributed by atoms with Crippen LogP contribution in [0.2, 0.25) is 9.26 Å². The Labute approximate surface area is 222 Å². The molecule has 4 rings (SSSR count). The van der Waals surface area contributed by atoms with Crippen molar-refractivity contribution in [2.24, 2.45) is 5.92 Å². The Kier molecular flexibility index (Phi) is 9.36. The first-order valence-corrected chi connectivity index (χ1v) is 25.9. The number of aryl methyl sites for hydroxylation is 1. The summed E-state index contributed by atoms with van der Waals surface area (Å²) in [4.78, 5) is 0. The van der Waals surface area contributed by atoms with Crippen LogP contribution in [-0.4, -0.2) is 6.88 Å². The minimum atomic E-state index is -3.33. The molecule has 2 unspecified atom stereocenters. The SMILES string of the molecule is CCCCc1cccc(C2=C[CH]([Zr]([CH3])([CH3])(=[SiH2])[C]3=C(C)C(C)=C(C)C3C)c3ccccc32)c1.Cl.Cl. The van der Waals surface area contributed by atoms with E-state index in [1.165, 1.54) is 41.5 Å². The molecule has 0 spiro atoms. The van der Waals surface area contributed by atoms with Crippen LogP contribution in [0.4, 0.5) is 0 Å². The Morgan fingerprint density at radius 3 is 2.21 bits per heavy atom. The molecular formula is C30H42Cl2SiZr. The predicted molar refractivity (Wildman–Crippen MR) is 156 cm³/mol. The maximum atomic E-state index is 2.71. The zero-order chi connectivity index (χ0) is 23.3. The quantitative estimate of drug-likeness (QED) is 0.294. The normalized spacial score (nSPS) is 20.1. The number of hydrogen-bond donors (Lipinski definition) is 0. The fraction of sp³-hybridized carbons (Fsp3) is 0.400. The average molecular weight is 593 g/mol. The molecule has 0 bridgehead atoms. The zero-order valence-electron chi connectivity index (χ0n) is 22.0. The van der Waals surface area contributed by atoms with Crippen LogP contribution in [0.3, 0.4) is 0 Å². The van der Waals surface area contributed by atoms with Gasteiger partial charge in [0.2, 0.25) is 0 Å². The first-order chi connectivity index (χ1) is 15.0. The van der Waals surface area contributed by atoms with Crippen LogP contribution in [-0.2, 0) is 23.8 Å². The summed E-state index contributed by atoms with van der Waals surface area (Å²) in [5, 5.41) is 0. The minimum Gasteiger partial charge on any atom is -0.147 e. The summed E-state index contributed by atoms with van der Waals surface area (Å²) in [5.41, 5.74) is 12.1. The standard InChI is InChI=1S/C19H19.C9H13.2CH3.2ClH.H2Si.Zr/c1-2-3-7-15-8-6-10-17(14-15)19-13-12-16-9-4-5-11-18(16)19;1-6-5-7(2)9(4)8(6)3;;;;;;/h4-6,8-14H,2-3,7H2,1H3;6H,1-4H3;2*1H3;2*1H;1H2;. The van der Waals surface area contributed by atoms with E-state index in [0.717, 1.165) is 0 Å². The van der Waals surface area contributed by atoms with Gasteiger partial charge in [0.25, 0.3) is 0 Å². The number of fused-ring (bicyclic) bond motifs is 1. The maximum Gasteiger partial charge on any atom is -0.147 e. The third-order valence-electron chi connectivity index (χ3n) is 8.50. The third kappa shape index (κ3) is 4.95. The number of unbranched alkanes of at least 4 members (excludes halogenated alkanes) is 1. The van der Waals surface area contributed by atoms with Crippen molar-refractivity contribution in [2.45, 2.75) is 66.8 Å². The summed E-state index contributed by atoms with van der Waals surface area (Å²) in [6, 6.07) is 18.6. The topological polar surface area (TPSA) is 0 Å². The molecule has 0 aromatic heterocycles. The Balaban J connectivity index is 0.00000204. The molecule has 4 heteroatoms. The monoisotopic (exact) mass is 590 g/mol. The predicted octanol–water partition coefficient (Wildman–Crippen LogP) is 8.95. The molecule has 0 radical (unpaired) electrons. The summed E-state index contributed by atoms with van der Waals surface area (Å²) >= 11 is -3.33. The molecule has 34 heavy (non-hydrogen) atoms. The zero-order valence-corrected chi connectivity index (χ0v) is 27.5. The van der Waals surface area contributed by atoms with Gasteiger partial charge in [-0.05, 0) is 0 Å². The molecule has 0 saturated heterocycles. The molecule has 0 saturated carbocycles. The fourth-order valence-corrected chi connectivity index (χ4v) is 25.0. The molecule has 0 nitrogen and oxygen atoms in total. The van der Waals surface area contributed by atoms with Gasteiger partial charge < -0.3 is 0 Å². The Morgan fingerprint density at radius 2 is 1.59 bits per heavy atom. The van der Waals surface area contributed by atoms with Crippen LogP contribution in [0.5, 0.6) is 0 Å². The van der Waals surface area contributed by atoms with Gasteiger partial charge in [-0.1, -0.05) is 0 Å².